The van der Waals surface area contributed by atoms with Crippen molar-refractivity contribution in [3.63, 3.8) is 0 Å². The van der Waals surface area contributed by atoms with Gasteiger partial charge in [0, 0.05) is 19.7 Å². The number of likely N-dealkylation sites (N-methyl/N-ethyl adjacent to an activating group) is 1. The molecule has 0 aliphatic carbocycles. The van der Waals surface area contributed by atoms with Gasteiger partial charge in [-0.05, 0) is 25.0 Å². The smallest absolute Gasteiger partial charge is 0.258 e. The fraction of sp³-hybridized carbons (Fsp3) is 0.467. The van der Waals surface area contributed by atoms with Crippen LogP contribution in [0.1, 0.15) is 23.2 Å². The number of ether oxygens (including phenoxy) is 2. The van der Waals surface area contributed by atoms with Crippen molar-refractivity contribution >= 4 is 11.8 Å². The van der Waals surface area contributed by atoms with E-state index in [4.69, 9.17) is 9.47 Å². The Morgan fingerprint density at radius 2 is 2.05 bits per heavy atom. The van der Waals surface area contributed by atoms with Crippen LogP contribution in [0.5, 0.6) is 11.5 Å². The Morgan fingerprint density at radius 3 is 2.67 bits per heavy atom. The summed E-state index contributed by atoms with van der Waals surface area (Å²) < 4.78 is 10.4. The molecule has 0 bridgehead atoms. The molecule has 0 radical (unpaired) electrons. The Morgan fingerprint density at radius 1 is 1.29 bits per heavy atom. The molecule has 2 rings (SSSR count). The maximum atomic E-state index is 12.7. The van der Waals surface area contributed by atoms with E-state index >= 15 is 0 Å². The number of nitrogens with zero attached hydrogens (tertiary/aromatic N) is 1. The van der Waals surface area contributed by atoms with Crippen molar-refractivity contribution in [1.82, 2.24) is 10.2 Å². The molecule has 1 fully saturated rings. The molecule has 6 nitrogen and oxygen atoms in total. The van der Waals surface area contributed by atoms with Crippen molar-refractivity contribution in [2.24, 2.45) is 0 Å². The summed E-state index contributed by atoms with van der Waals surface area (Å²) in [5.74, 6) is 0.739. The van der Waals surface area contributed by atoms with Crippen LogP contribution in [0.15, 0.2) is 18.2 Å². The van der Waals surface area contributed by atoms with Crippen molar-refractivity contribution in [3.05, 3.63) is 23.8 Å². The number of benzene rings is 1. The Kier molecular flexibility index (Phi) is 4.67. The van der Waals surface area contributed by atoms with Gasteiger partial charge in [-0.2, -0.15) is 0 Å². The van der Waals surface area contributed by atoms with Crippen LogP contribution in [0.2, 0.25) is 0 Å². The average Bonchev–Trinajstić information content (AvgIpc) is 3.02. The molecule has 1 unspecified atom stereocenters. The maximum Gasteiger partial charge on any atom is 0.258 e. The number of rotatable bonds is 4. The molecule has 1 aromatic rings. The lowest BCUT2D eigenvalue weighted by atomic mass is 10.1. The summed E-state index contributed by atoms with van der Waals surface area (Å²) in [6.45, 7) is 0.575. The molecule has 6 heteroatoms. The van der Waals surface area contributed by atoms with E-state index in [9.17, 15) is 9.59 Å². The van der Waals surface area contributed by atoms with E-state index in [-0.39, 0.29) is 11.8 Å². The lowest BCUT2D eigenvalue weighted by Gasteiger charge is -2.24. The molecule has 0 aromatic heterocycles. The summed E-state index contributed by atoms with van der Waals surface area (Å²) in [4.78, 5) is 26.1. The number of carbonyl (C=O) groups excluding carboxylic acids is 2. The molecule has 2 amide bonds. The Bertz CT molecular complexity index is 544. The van der Waals surface area contributed by atoms with Crippen LogP contribution >= 0.6 is 0 Å². The summed E-state index contributed by atoms with van der Waals surface area (Å²) >= 11 is 0. The molecule has 114 valence electrons. The van der Waals surface area contributed by atoms with E-state index in [1.54, 1.807) is 37.3 Å². The molecule has 1 N–H and O–H groups in total. The Balaban J connectivity index is 2.29. The van der Waals surface area contributed by atoms with E-state index in [1.165, 1.54) is 7.11 Å². The highest BCUT2D eigenvalue weighted by Crippen LogP contribution is 2.28. The standard InChI is InChI=1S/C15H20N2O4/c1-16-14(18)12-5-4-8-17(12)15(19)11-7-6-10(20-2)9-13(11)21-3/h6-7,9,12H,4-5,8H2,1-3H3,(H,16,18). The minimum Gasteiger partial charge on any atom is -0.497 e. The minimum atomic E-state index is -0.408. The van der Waals surface area contributed by atoms with Crippen LogP contribution in [0.25, 0.3) is 0 Å². The second-order valence-electron chi connectivity index (χ2n) is 4.84. The van der Waals surface area contributed by atoms with E-state index in [0.29, 0.717) is 30.0 Å². The first-order chi connectivity index (χ1) is 10.1. The molecular weight excluding hydrogens is 272 g/mol. The summed E-state index contributed by atoms with van der Waals surface area (Å²) in [6, 6.07) is 4.63. The molecule has 0 saturated carbocycles. The zero-order valence-electron chi connectivity index (χ0n) is 12.5. The monoisotopic (exact) mass is 292 g/mol. The number of amides is 2. The normalized spacial score (nSPS) is 17.5. The van der Waals surface area contributed by atoms with Gasteiger partial charge in [0.25, 0.3) is 5.91 Å². The van der Waals surface area contributed by atoms with Crippen molar-refractivity contribution in [3.8, 4) is 11.5 Å². The molecule has 1 aliphatic heterocycles. The number of nitrogens with one attached hydrogen (secondary N) is 1. The molecule has 1 atom stereocenters. The van der Waals surface area contributed by atoms with Gasteiger partial charge in [0.15, 0.2) is 0 Å². The van der Waals surface area contributed by atoms with Crippen LogP contribution in [0.4, 0.5) is 0 Å². The van der Waals surface area contributed by atoms with Gasteiger partial charge in [-0.1, -0.05) is 0 Å². The lowest BCUT2D eigenvalue weighted by molar-refractivity contribution is -0.124. The molecule has 0 spiro atoms. The third-order valence-electron chi connectivity index (χ3n) is 3.70. The minimum absolute atomic E-state index is 0.131. The van der Waals surface area contributed by atoms with Crippen LogP contribution in [0.3, 0.4) is 0 Å². The zero-order valence-corrected chi connectivity index (χ0v) is 12.5. The van der Waals surface area contributed by atoms with Gasteiger partial charge < -0.3 is 19.7 Å². The average molecular weight is 292 g/mol. The summed E-state index contributed by atoms with van der Waals surface area (Å²) in [5, 5.41) is 2.61. The van der Waals surface area contributed by atoms with Crippen molar-refractivity contribution in [2.45, 2.75) is 18.9 Å². The van der Waals surface area contributed by atoms with Crippen LogP contribution in [-0.2, 0) is 4.79 Å². The Labute approximate surface area is 124 Å². The largest absolute Gasteiger partial charge is 0.497 e. The van der Waals surface area contributed by atoms with Gasteiger partial charge in [0.05, 0.1) is 19.8 Å². The van der Waals surface area contributed by atoms with Gasteiger partial charge >= 0.3 is 0 Å². The first-order valence-corrected chi connectivity index (χ1v) is 6.87. The predicted octanol–water partition coefficient (Wildman–Crippen LogP) is 1.05. The molecule has 1 saturated heterocycles. The lowest BCUT2D eigenvalue weighted by Crippen LogP contribution is -2.45. The Hall–Kier alpha value is -2.24. The van der Waals surface area contributed by atoms with E-state index in [0.717, 1.165) is 6.42 Å². The predicted molar refractivity (Wildman–Crippen MR) is 77.7 cm³/mol. The molecule has 1 aromatic carbocycles. The van der Waals surface area contributed by atoms with Gasteiger partial charge in [-0.25, -0.2) is 0 Å². The number of hydrogen-bond acceptors (Lipinski definition) is 4. The SMILES string of the molecule is CNC(=O)C1CCCN1C(=O)c1ccc(OC)cc1OC. The van der Waals surface area contributed by atoms with E-state index < -0.39 is 6.04 Å². The highest BCUT2D eigenvalue weighted by atomic mass is 16.5. The summed E-state index contributed by atoms with van der Waals surface area (Å²) in [5.41, 5.74) is 0.439. The highest BCUT2D eigenvalue weighted by Gasteiger charge is 2.35. The highest BCUT2D eigenvalue weighted by molar-refractivity contribution is 6.00. The summed E-state index contributed by atoms with van der Waals surface area (Å²) in [7, 11) is 4.64. The van der Waals surface area contributed by atoms with Gasteiger partial charge in [0.1, 0.15) is 17.5 Å². The van der Waals surface area contributed by atoms with Gasteiger partial charge in [-0.15, -0.1) is 0 Å². The van der Waals surface area contributed by atoms with Gasteiger partial charge in [-0.3, -0.25) is 9.59 Å². The molecule has 21 heavy (non-hydrogen) atoms. The second-order valence-corrected chi connectivity index (χ2v) is 4.84. The number of hydrogen-bond donors (Lipinski definition) is 1. The number of methoxy groups -OCH3 is 2. The second kappa shape index (κ2) is 6.47. The van der Waals surface area contributed by atoms with E-state index in [2.05, 4.69) is 5.32 Å². The van der Waals surface area contributed by atoms with Crippen molar-refractivity contribution in [1.29, 1.82) is 0 Å². The van der Waals surface area contributed by atoms with E-state index in [1.807, 2.05) is 0 Å². The number of carbonyl (C=O) groups is 2. The maximum absolute atomic E-state index is 12.7. The third-order valence-corrected chi connectivity index (χ3v) is 3.70. The number of likely N-dealkylation sites (tertiary alicyclic amines) is 1. The van der Waals surface area contributed by atoms with Crippen LogP contribution < -0.4 is 14.8 Å². The topological polar surface area (TPSA) is 67.9 Å². The first kappa shape index (κ1) is 15.2. The third kappa shape index (κ3) is 2.94. The molecule has 1 aliphatic rings. The van der Waals surface area contributed by atoms with Crippen LogP contribution in [0, 0.1) is 0 Å². The van der Waals surface area contributed by atoms with Crippen molar-refractivity contribution < 1.29 is 19.1 Å². The first-order valence-electron chi connectivity index (χ1n) is 6.87. The quantitative estimate of drug-likeness (QED) is 0.901. The molecule has 1 heterocycles. The molecular formula is C15H20N2O4. The van der Waals surface area contributed by atoms with Gasteiger partial charge in [0.2, 0.25) is 5.91 Å². The van der Waals surface area contributed by atoms with Crippen LogP contribution in [-0.4, -0.2) is 50.6 Å². The fourth-order valence-electron chi connectivity index (χ4n) is 2.58. The zero-order chi connectivity index (χ0) is 15.4. The summed E-state index contributed by atoms with van der Waals surface area (Å²) in [6.07, 6.45) is 1.51. The fourth-order valence-corrected chi connectivity index (χ4v) is 2.58. The van der Waals surface area contributed by atoms with Crippen molar-refractivity contribution in [2.75, 3.05) is 27.8 Å².